The summed E-state index contributed by atoms with van der Waals surface area (Å²) >= 11 is 0. The molecule has 42 heavy (non-hydrogen) atoms. The summed E-state index contributed by atoms with van der Waals surface area (Å²) < 4.78 is 11.2. The van der Waals surface area contributed by atoms with E-state index in [1.807, 2.05) is 13.0 Å². The van der Waals surface area contributed by atoms with Gasteiger partial charge >= 0.3 is 0 Å². The number of anilines is 2. The summed E-state index contributed by atoms with van der Waals surface area (Å²) in [4.78, 5) is 29.8. The van der Waals surface area contributed by atoms with E-state index in [1.54, 1.807) is 22.9 Å². The molecule has 11 nitrogen and oxygen atoms in total. The summed E-state index contributed by atoms with van der Waals surface area (Å²) in [5.41, 5.74) is 1.47. The molecule has 2 N–H and O–H groups in total. The van der Waals surface area contributed by atoms with Gasteiger partial charge in [0, 0.05) is 35.0 Å². The number of ether oxygens (including phenoxy) is 1. The summed E-state index contributed by atoms with van der Waals surface area (Å²) in [6.45, 7) is 8.32. The minimum Gasteiger partial charge on any atom is -0.488 e. The number of benzene rings is 1. The largest absolute Gasteiger partial charge is 0.488 e. The predicted molar refractivity (Wildman–Crippen MR) is 162 cm³/mol. The Morgan fingerprint density at radius 3 is 2.81 bits per heavy atom. The van der Waals surface area contributed by atoms with Crippen molar-refractivity contribution in [3.8, 4) is 11.6 Å². The Morgan fingerprint density at radius 1 is 1.19 bits per heavy atom. The van der Waals surface area contributed by atoms with E-state index in [0.29, 0.717) is 46.7 Å². The van der Waals surface area contributed by atoms with Gasteiger partial charge in [0.15, 0.2) is 11.5 Å². The zero-order valence-corrected chi connectivity index (χ0v) is 23.8. The van der Waals surface area contributed by atoms with Crippen molar-refractivity contribution in [2.24, 2.45) is 0 Å². The first-order valence-electron chi connectivity index (χ1n) is 14.4. The molecular formula is C31H34N8O3. The zero-order valence-electron chi connectivity index (χ0n) is 23.8. The lowest BCUT2D eigenvalue weighted by molar-refractivity contribution is 0.01000. The summed E-state index contributed by atoms with van der Waals surface area (Å²) in [5, 5.41) is 15.9. The molecule has 1 fully saturated rings. The molecule has 0 amide bonds. The second-order valence-electron chi connectivity index (χ2n) is 11.3. The molecule has 1 atom stereocenters. The van der Waals surface area contributed by atoms with Crippen LogP contribution in [0, 0.1) is 0 Å². The molecule has 2 aliphatic heterocycles. The van der Waals surface area contributed by atoms with Crippen LogP contribution in [0.4, 0.5) is 11.6 Å². The van der Waals surface area contributed by atoms with Gasteiger partial charge in [-0.15, -0.1) is 6.58 Å². The summed E-state index contributed by atoms with van der Waals surface area (Å²) in [6, 6.07) is 12.5. The van der Waals surface area contributed by atoms with Crippen molar-refractivity contribution < 1.29 is 9.84 Å². The smallest absolute Gasteiger partial charge is 0.278 e. The fourth-order valence-electron chi connectivity index (χ4n) is 6.11. The number of nitrogens with zero attached hydrogens (tertiary/aromatic N) is 7. The van der Waals surface area contributed by atoms with Crippen LogP contribution in [0.2, 0.25) is 0 Å². The summed E-state index contributed by atoms with van der Waals surface area (Å²) in [5.74, 6) is 1.34. The Morgan fingerprint density at radius 2 is 2.02 bits per heavy atom. The highest BCUT2D eigenvalue weighted by atomic mass is 16.5. The van der Waals surface area contributed by atoms with Gasteiger partial charge in [-0.2, -0.15) is 4.98 Å². The van der Waals surface area contributed by atoms with E-state index in [1.165, 1.54) is 16.4 Å². The van der Waals surface area contributed by atoms with E-state index in [4.69, 9.17) is 14.7 Å². The van der Waals surface area contributed by atoms with Crippen LogP contribution in [0.5, 0.6) is 5.75 Å². The molecule has 7 rings (SSSR count). The molecule has 2 aliphatic rings. The molecule has 0 saturated carbocycles. The van der Waals surface area contributed by atoms with Crippen molar-refractivity contribution in [1.82, 2.24) is 33.8 Å². The lowest BCUT2D eigenvalue weighted by atomic mass is 9.98. The average Bonchev–Trinajstić information content (AvgIpc) is 3.66. The first-order chi connectivity index (χ1) is 20.4. The Hall–Kier alpha value is -4.48. The molecule has 4 aromatic heterocycles. The molecule has 1 saturated heterocycles. The summed E-state index contributed by atoms with van der Waals surface area (Å²) in [7, 11) is 2.18. The summed E-state index contributed by atoms with van der Waals surface area (Å²) in [6.07, 6.45) is 8.11. The van der Waals surface area contributed by atoms with Crippen LogP contribution in [0.3, 0.4) is 0 Å². The molecule has 1 aromatic carbocycles. The van der Waals surface area contributed by atoms with Crippen molar-refractivity contribution >= 4 is 33.6 Å². The number of rotatable bonds is 7. The first-order valence-corrected chi connectivity index (χ1v) is 14.4. The topological polar surface area (TPSA) is 115 Å². The van der Waals surface area contributed by atoms with Gasteiger partial charge in [-0.3, -0.25) is 4.79 Å². The van der Waals surface area contributed by atoms with Crippen LogP contribution in [-0.2, 0) is 12.1 Å². The highest BCUT2D eigenvalue weighted by Gasteiger charge is 2.39. The number of aromatic nitrogens is 6. The Kier molecular flexibility index (Phi) is 6.36. The van der Waals surface area contributed by atoms with Crippen molar-refractivity contribution in [2.75, 3.05) is 32.1 Å². The van der Waals surface area contributed by atoms with Gasteiger partial charge in [0.05, 0.1) is 6.54 Å². The van der Waals surface area contributed by atoms with E-state index >= 15 is 0 Å². The molecule has 6 heterocycles. The molecule has 0 spiro atoms. The standard InChI is InChI=1S/C31H34N8O3/c1-4-13-38-29(40)23-18-32-30(35-28(23)39(38)26-9-8-25-27(34-26)31(41,5-2)19-42-25)33-21-6-7-24-20(17-21)10-16-37(24)22-11-14-36(3)15-12-22/h4,6-10,16-18,22,41H,1,5,11-15,19H2,2-3H3,(H,32,33,35)/t31-/m0/s1. The van der Waals surface area contributed by atoms with E-state index in [-0.39, 0.29) is 18.7 Å². The maximum Gasteiger partial charge on any atom is 0.278 e. The highest BCUT2D eigenvalue weighted by molar-refractivity contribution is 5.85. The zero-order chi connectivity index (χ0) is 29.0. The third kappa shape index (κ3) is 4.27. The number of hydrogen-bond donors (Lipinski definition) is 2. The van der Waals surface area contributed by atoms with E-state index in [9.17, 15) is 9.90 Å². The average molecular weight is 567 g/mol. The Balaban J connectivity index is 1.26. The third-order valence-corrected chi connectivity index (χ3v) is 8.59. The number of fused-ring (bicyclic) bond motifs is 3. The van der Waals surface area contributed by atoms with Crippen LogP contribution >= 0.6 is 0 Å². The molecular weight excluding hydrogens is 532 g/mol. The molecule has 0 bridgehead atoms. The van der Waals surface area contributed by atoms with Crippen LogP contribution in [0.25, 0.3) is 27.8 Å². The maximum atomic E-state index is 13.4. The minimum atomic E-state index is -1.19. The van der Waals surface area contributed by atoms with Gasteiger partial charge in [-0.1, -0.05) is 13.0 Å². The number of hydrogen-bond acceptors (Lipinski definition) is 8. The quantitative estimate of drug-likeness (QED) is 0.283. The van der Waals surface area contributed by atoms with Gasteiger partial charge in [0.2, 0.25) is 5.95 Å². The van der Waals surface area contributed by atoms with Gasteiger partial charge < -0.3 is 24.6 Å². The lowest BCUT2D eigenvalue weighted by Crippen LogP contribution is -2.31. The lowest BCUT2D eigenvalue weighted by Gasteiger charge is -2.30. The van der Waals surface area contributed by atoms with Crippen molar-refractivity contribution in [1.29, 1.82) is 0 Å². The van der Waals surface area contributed by atoms with Gasteiger partial charge in [-0.25, -0.2) is 19.3 Å². The van der Waals surface area contributed by atoms with Gasteiger partial charge in [-0.05, 0) is 75.8 Å². The fourth-order valence-corrected chi connectivity index (χ4v) is 6.11. The van der Waals surface area contributed by atoms with Crippen LogP contribution in [0.1, 0.15) is 37.9 Å². The highest BCUT2D eigenvalue weighted by Crippen LogP contribution is 2.38. The molecule has 0 unspecified atom stereocenters. The Labute approximate surface area is 242 Å². The predicted octanol–water partition coefficient (Wildman–Crippen LogP) is 4.12. The van der Waals surface area contributed by atoms with Crippen molar-refractivity contribution in [3.63, 3.8) is 0 Å². The number of nitrogens with one attached hydrogen (secondary N) is 1. The third-order valence-electron chi connectivity index (χ3n) is 8.59. The number of likely N-dealkylation sites (tertiary alicyclic amines) is 1. The number of aliphatic hydroxyl groups is 1. The fraction of sp³-hybridized carbons (Fsp3) is 0.355. The van der Waals surface area contributed by atoms with Crippen LogP contribution < -0.4 is 15.6 Å². The SMILES string of the molecule is C=CCn1c(=O)c2cnc(Nc3ccc4c(ccn4C4CCN(C)CC4)c3)nc2n1-c1ccc2c(n1)[C@](O)(CC)CO2. The van der Waals surface area contributed by atoms with Gasteiger partial charge in [0.25, 0.3) is 5.56 Å². The molecule has 216 valence electrons. The monoisotopic (exact) mass is 566 g/mol. The van der Waals surface area contributed by atoms with Gasteiger partial charge in [0.1, 0.15) is 29.0 Å². The maximum absolute atomic E-state index is 13.4. The number of piperidine rings is 1. The number of allylic oxidation sites excluding steroid dienone is 1. The van der Waals surface area contributed by atoms with E-state index in [0.717, 1.165) is 37.0 Å². The normalized spacial score (nSPS) is 19.3. The second kappa shape index (κ2) is 10.1. The molecule has 5 aromatic rings. The van der Waals surface area contributed by atoms with Crippen molar-refractivity contribution in [2.45, 2.75) is 44.4 Å². The number of pyridine rings is 1. The second-order valence-corrected chi connectivity index (χ2v) is 11.3. The minimum absolute atomic E-state index is 0.142. The van der Waals surface area contributed by atoms with Crippen LogP contribution in [-0.4, -0.2) is 65.6 Å². The molecule has 0 radical (unpaired) electrons. The van der Waals surface area contributed by atoms with E-state index < -0.39 is 5.60 Å². The first kappa shape index (κ1) is 26.4. The van der Waals surface area contributed by atoms with Crippen LogP contribution in [0.15, 0.2) is 66.2 Å². The molecule has 0 aliphatic carbocycles. The molecule has 11 heteroatoms. The Bertz CT molecular complexity index is 1880. The van der Waals surface area contributed by atoms with Crippen molar-refractivity contribution in [3.05, 3.63) is 77.5 Å². The van der Waals surface area contributed by atoms with E-state index in [2.05, 4.69) is 57.8 Å².